The second-order valence-corrected chi connectivity index (χ2v) is 6.29. The number of fused-ring (bicyclic) bond motifs is 1. The maximum Gasteiger partial charge on any atom is 0.248 e. The lowest BCUT2D eigenvalue weighted by Crippen LogP contribution is -2.51. The maximum atomic E-state index is 12.5. The van der Waals surface area contributed by atoms with Gasteiger partial charge in [-0.2, -0.15) is 0 Å². The summed E-state index contributed by atoms with van der Waals surface area (Å²) in [5.74, 6) is -0.249. The molecule has 1 aromatic carbocycles. The van der Waals surface area contributed by atoms with Crippen LogP contribution in [0.5, 0.6) is 0 Å². The number of nitrogens with zero attached hydrogens (tertiary/aromatic N) is 2. The number of hydrogen-bond acceptors (Lipinski definition) is 4. The molecule has 2 aromatic rings. The Bertz CT molecular complexity index is 773. The summed E-state index contributed by atoms with van der Waals surface area (Å²) < 4.78 is 5.58. The zero-order valence-corrected chi connectivity index (χ0v) is 14.0. The highest BCUT2D eigenvalue weighted by Crippen LogP contribution is 2.25. The van der Waals surface area contributed by atoms with Gasteiger partial charge in [-0.25, -0.2) is 0 Å². The van der Waals surface area contributed by atoms with Gasteiger partial charge in [-0.15, -0.1) is 0 Å². The van der Waals surface area contributed by atoms with Crippen molar-refractivity contribution in [3.63, 3.8) is 0 Å². The van der Waals surface area contributed by atoms with Crippen LogP contribution in [0.25, 0.3) is 11.0 Å². The molecular weight excluding hydrogens is 308 g/mol. The van der Waals surface area contributed by atoms with Crippen molar-refractivity contribution in [3.05, 3.63) is 35.1 Å². The van der Waals surface area contributed by atoms with Gasteiger partial charge in [0.1, 0.15) is 12.2 Å². The molecule has 0 atom stereocenters. The van der Waals surface area contributed by atoms with Crippen LogP contribution in [-0.4, -0.2) is 59.5 Å². The molecule has 1 fully saturated rings. The van der Waals surface area contributed by atoms with E-state index >= 15 is 0 Å². The average molecular weight is 330 g/mol. The first-order valence-corrected chi connectivity index (χ1v) is 8.13. The van der Waals surface area contributed by atoms with Gasteiger partial charge >= 0.3 is 0 Å². The Labute approximate surface area is 140 Å². The van der Waals surface area contributed by atoms with Gasteiger partial charge in [0.15, 0.2) is 0 Å². The number of aryl methyl sites for hydroxylation is 2. The fourth-order valence-electron chi connectivity index (χ4n) is 3.05. The second kappa shape index (κ2) is 6.65. The second-order valence-electron chi connectivity index (χ2n) is 6.29. The smallest absolute Gasteiger partial charge is 0.248 e. The maximum absolute atomic E-state index is 12.5. The summed E-state index contributed by atoms with van der Waals surface area (Å²) in [6, 6.07) is 4.06. The molecule has 0 bridgehead atoms. The van der Waals surface area contributed by atoms with Crippen molar-refractivity contribution < 1.29 is 19.1 Å². The van der Waals surface area contributed by atoms with Gasteiger partial charge in [-0.3, -0.25) is 9.59 Å². The minimum absolute atomic E-state index is 0.0343. The number of carbonyl (C=O) groups is 2. The van der Waals surface area contributed by atoms with Crippen LogP contribution in [0.4, 0.5) is 0 Å². The Hall–Kier alpha value is -2.34. The highest BCUT2D eigenvalue weighted by molar-refractivity contribution is 5.88. The van der Waals surface area contributed by atoms with E-state index < -0.39 is 6.61 Å². The molecule has 0 aliphatic carbocycles. The Balaban J connectivity index is 1.68. The number of hydrogen-bond donors (Lipinski definition) is 1. The summed E-state index contributed by atoms with van der Waals surface area (Å²) in [5, 5.41) is 9.88. The molecule has 1 saturated heterocycles. The van der Waals surface area contributed by atoms with Gasteiger partial charge in [0.2, 0.25) is 11.8 Å². The van der Waals surface area contributed by atoms with Gasteiger partial charge < -0.3 is 19.3 Å². The predicted molar refractivity (Wildman–Crippen MR) is 89.6 cm³/mol. The number of furan rings is 1. The van der Waals surface area contributed by atoms with E-state index in [0.29, 0.717) is 32.6 Å². The predicted octanol–water partition coefficient (Wildman–Crippen LogP) is 1.26. The van der Waals surface area contributed by atoms with Gasteiger partial charge in [-0.05, 0) is 37.1 Å². The van der Waals surface area contributed by atoms with Gasteiger partial charge in [0, 0.05) is 37.1 Å². The molecule has 24 heavy (non-hydrogen) atoms. The first kappa shape index (κ1) is 16.5. The molecular formula is C18H22N2O4. The molecule has 3 rings (SSSR count). The van der Waals surface area contributed by atoms with E-state index in [1.807, 2.05) is 19.9 Å². The van der Waals surface area contributed by atoms with E-state index in [1.165, 1.54) is 11.1 Å². The number of aliphatic hydroxyl groups is 1. The molecule has 128 valence electrons. The molecule has 1 aliphatic heterocycles. The van der Waals surface area contributed by atoms with Crippen molar-refractivity contribution in [1.82, 2.24) is 9.80 Å². The van der Waals surface area contributed by atoms with Crippen molar-refractivity contribution in [1.29, 1.82) is 0 Å². The molecule has 1 aliphatic rings. The van der Waals surface area contributed by atoms with Crippen molar-refractivity contribution in [3.8, 4) is 0 Å². The van der Waals surface area contributed by atoms with Crippen molar-refractivity contribution in [2.75, 3.05) is 32.8 Å². The molecule has 0 saturated carbocycles. The van der Waals surface area contributed by atoms with Gasteiger partial charge in [-0.1, -0.05) is 0 Å². The van der Waals surface area contributed by atoms with Gasteiger partial charge in [0.05, 0.1) is 12.7 Å². The molecule has 0 radical (unpaired) electrons. The molecule has 1 aromatic heterocycles. The van der Waals surface area contributed by atoms with E-state index in [9.17, 15) is 9.59 Å². The van der Waals surface area contributed by atoms with E-state index in [2.05, 4.69) is 6.07 Å². The van der Waals surface area contributed by atoms with Crippen LogP contribution in [0.1, 0.15) is 16.7 Å². The monoisotopic (exact) mass is 330 g/mol. The molecule has 2 heterocycles. The van der Waals surface area contributed by atoms with Crippen LogP contribution in [0, 0.1) is 13.8 Å². The Kier molecular flexibility index (Phi) is 4.57. The fraction of sp³-hybridized carbons (Fsp3) is 0.444. The van der Waals surface area contributed by atoms with Crippen LogP contribution in [0.15, 0.2) is 22.8 Å². The van der Waals surface area contributed by atoms with Crippen LogP contribution in [0.2, 0.25) is 0 Å². The molecule has 0 unspecified atom stereocenters. The van der Waals surface area contributed by atoms with E-state index in [1.54, 1.807) is 16.1 Å². The normalized spacial score (nSPS) is 15.1. The van der Waals surface area contributed by atoms with Crippen molar-refractivity contribution in [2.45, 2.75) is 20.3 Å². The Morgan fingerprint density at radius 2 is 1.62 bits per heavy atom. The zero-order valence-electron chi connectivity index (χ0n) is 14.0. The lowest BCUT2D eigenvalue weighted by molar-refractivity contribution is -0.140. The quantitative estimate of drug-likeness (QED) is 0.919. The molecule has 6 heteroatoms. The lowest BCUT2D eigenvalue weighted by Gasteiger charge is -2.34. The SMILES string of the molecule is Cc1cc2occ(CC(=O)N3CCN(C(=O)CO)CC3)c2cc1C. The number of rotatable bonds is 3. The number of piperazine rings is 1. The van der Waals surface area contributed by atoms with Crippen molar-refractivity contribution in [2.24, 2.45) is 0 Å². The zero-order chi connectivity index (χ0) is 17.3. The Morgan fingerprint density at radius 1 is 1.04 bits per heavy atom. The number of carbonyl (C=O) groups excluding carboxylic acids is 2. The first-order chi connectivity index (χ1) is 11.5. The van der Waals surface area contributed by atoms with E-state index in [-0.39, 0.29) is 11.8 Å². The average Bonchev–Trinajstić information content (AvgIpc) is 2.96. The third-order valence-electron chi connectivity index (χ3n) is 4.73. The number of amides is 2. The standard InChI is InChI=1S/C18H22N2O4/c1-12-7-15-14(11-24-16(15)8-13(12)2)9-17(22)19-3-5-20(6-4-19)18(23)10-21/h7-8,11,21H,3-6,9-10H2,1-2H3. The topological polar surface area (TPSA) is 74.0 Å². The third kappa shape index (κ3) is 3.14. The summed E-state index contributed by atoms with van der Waals surface area (Å²) in [6.45, 7) is 5.54. The minimum atomic E-state index is -0.478. The van der Waals surface area contributed by atoms with Crippen molar-refractivity contribution >= 4 is 22.8 Å². The summed E-state index contributed by atoms with van der Waals surface area (Å²) in [4.78, 5) is 27.4. The summed E-state index contributed by atoms with van der Waals surface area (Å²) in [5.41, 5.74) is 4.04. The first-order valence-electron chi connectivity index (χ1n) is 8.13. The summed E-state index contributed by atoms with van der Waals surface area (Å²) in [6.07, 6.45) is 1.95. The largest absolute Gasteiger partial charge is 0.464 e. The molecule has 6 nitrogen and oxygen atoms in total. The summed E-state index contributed by atoms with van der Waals surface area (Å²) in [7, 11) is 0. The highest BCUT2D eigenvalue weighted by Gasteiger charge is 2.24. The summed E-state index contributed by atoms with van der Waals surface area (Å²) >= 11 is 0. The van der Waals surface area contributed by atoms with Crippen LogP contribution >= 0.6 is 0 Å². The van der Waals surface area contributed by atoms with Crippen LogP contribution in [0.3, 0.4) is 0 Å². The van der Waals surface area contributed by atoms with E-state index in [4.69, 9.17) is 9.52 Å². The van der Waals surface area contributed by atoms with Crippen LogP contribution < -0.4 is 0 Å². The van der Waals surface area contributed by atoms with E-state index in [0.717, 1.165) is 16.5 Å². The third-order valence-corrected chi connectivity index (χ3v) is 4.73. The highest BCUT2D eigenvalue weighted by atomic mass is 16.3. The molecule has 2 amide bonds. The fourth-order valence-corrected chi connectivity index (χ4v) is 3.05. The number of aliphatic hydroxyl groups excluding tert-OH is 1. The minimum Gasteiger partial charge on any atom is -0.464 e. The Morgan fingerprint density at radius 3 is 2.25 bits per heavy atom. The molecule has 0 spiro atoms. The lowest BCUT2D eigenvalue weighted by atomic mass is 10.0. The van der Waals surface area contributed by atoms with Crippen LogP contribution in [-0.2, 0) is 16.0 Å². The molecule has 1 N–H and O–H groups in total. The van der Waals surface area contributed by atoms with Gasteiger partial charge in [0.25, 0.3) is 0 Å². The number of benzene rings is 1.